The van der Waals surface area contributed by atoms with Crippen LogP contribution in [0.25, 0.3) is 0 Å². The van der Waals surface area contributed by atoms with Gasteiger partial charge in [-0.3, -0.25) is 14.7 Å². The standard InChI is InChI=1S/C17H12I3NO9S/c18-10-6-12(15(20)13(19)7-10)17(23)30-8-9-1-2-11(14(5-9)21(24)25)16(22)29-3-4-31(26,27)28/h1-2,5-7H,3-4,8H2,(H,26,27,28). The van der Waals surface area contributed by atoms with Gasteiger partial charge in [-0.15, -0.1) is 0 Å². The molecule has 14 heteroatoms. The van der Waals surface area contributed by atoms with Gasteiger partial charge in [-0.25, -0.2) is 9.59 Å². The summed E-state index contributed by atoms with van der Waals surface area (Å²) >= 11 is 6.20. The summed E-state index contributed by atoms with van der Waals surface area (Å²) in [5.74, 6) is -2.56. The first-order valence-corrected chi connectivity index (χ1v) is 12.9. The van der Waals surface area contributed by atoms with Crippen LogP contribution in [0.2, 0.25) is 0 Å². The summed E-state index contributed by atoms with van der Waals surface area (Å²) in [5, 5.41) is 11.3. The van der Waals surface area contributed by atoms with E-state index in [0.717, 1.165) is 22.8 Å². The first kappa shape index (κ1) is 26.1. The van der Waals surface area contributed by atoms with Crippen LogP contribution in [0.15, 0.2) is 30.3 Å². The molecule has 0 amide bonds. The van der Waals surface area contributed by atoms with Gasteiger partial charge in [0.15, 0.2) is 0 Å². The normalized spacial score (nSPS) is 11.1. The van der Waals surface area contributed by atoms with Crippen LogP contribution in [-0.4, -0.2) is 42.2 Å². The van der Waals surface area contributed by atoms with Crippen molar-refractivity contribution in [2.24, 2.45) is 0 Å². The third kappa shape index (κ3) is 7.75. The largest absolute Gasteiger partial charge is 0.461 e. The van der Waals surface area contributed by atoms with E-state index in [9.17, 15) is 28.1 Å². The molecule has 1 N–H and O–H groups in total. The zero-order valence-corrected chi connectivity index (χ0v) is 22.5. The van der Waals surface area contributed by atoms with E-state index < -0.39 is 50.6 Å². The van der Waals surface area contributed by atoms with Gasteiger partial charge in [0.1, 0.15) is 24.5 Å². The highest BCUT2D eigenvalue weighted by molar-refractivity contribution is 14.1. The number of esters is 2. The Morgan fingerprint density at radius 3 is 2.29 bits per heavy atom. The molecule has 166 valence electrons. The van der Waals surface area contributed by atoms with Crippen molar-refractivity contribution in [2.45, 2.75) is 6.61 Å². The fourth-order valence-electron chi connectivity index (χ4n) is 2.24. The Morgan fingerprint density at radius 1 is 1.03 bits per heavy atom. The Kier molecular flexibility index (Phi) is 9.40. The predicted molar refractivity (Wildman–Crippen MR) is 134 cm³/mol. The van der Waals surface area contributed by atoms with Crippen molar-refractivity contribution in [2.75, 3.05) is 12.4 Å². The third-order valence-electron chi connectivity index (χ3n) is 3.64. The van der Waals surface area contributed by atoms with Crippen molar-refractivity contribution in [1.82, 2.24) is 0 Å². The first-order valence-electron chi connectivity index (χ1n) is 8.10. The molecule has 0 bridgehead atoms. The van der Waals surface area contributed by atoms with Crippen molar-refractivity contribution in [3.63, 3.8) is 0 Å². The highest BCUT2D eigenvalue weighted by atomic mass is 127. The van der Waals surface area contributed by atoms with Crippen LogP contribution in [0.1, 0.15) is 26.3 Å². The Hall–Kier alpha value is -1.12. The van der Waals surface area contributed by atoms with E-state index >= 15 is 0 Å². The number of halogens is 3. The van der Waals surface area contributed by atoms with Crippen LogP contribution < -0.4 is 0 Å². The third-order valence-corrected chi connectivity index (χ3v) is 7.99. The van der Waals surface area contributed by atoms with Crippen LogP contribution in [0.5, 0.6) is 0 Å². The Labute approximate surface area is 217 Å². The van der Waals surface area contributed by atoms with Crippen molar-refractivity contribution < 1.29 is 37.0 Å². The van der Waals surface area contributed by atoms with Crippen molar-refractivity contribution in [1.29, 1.82) is 0 Å². The molecule has 0 radical (unpaired) electrons. The maximum atomic E-state index is 12.4. The van der Waals surface area contributed by atoms with Gasteiger partial charge < -0.3 is 9.47 Å². The second kappa shape index (κ2) is 11.1. The summed E-state index contributed by atoms with van der Waals surface area (Å²) in [6.45, 7) is -0.933. The molecular weight excluding hydrogens is 775 g/mol. The molecule has 0 aliphatic heterocycles. The monoisotopic (exact) mass is 787 g/mol. The second-order valence-electron chi connectivity index (χ2n) is 5.86. The lowest BCUT2D eigenvalue weighted by molar-refractivity contribution is -0.385. The predicted octanol–water partition coefficient (Wildman–Crippen LogP) is 3.81. The molecule has 2 rings (SSSR count). The Bertz CT molecular complexity index is 1150. The lowest BCUT2D eigenvalue weighted by Gasteiger charge is -2.10. The first-order chi connectivity index (χ1) is 14.4. The zero-order chi connectivity index (χ0) is 23.3. The van der Waals surface area contributed by atoms with E-state index in [4.69, 9.17) is 9.29 Å². The lowest BCUT2D eigenvalue weighted by Crippen LogP contribution is -2.16. The van der Waals surface area contributed by atoms with E-state index in [1.165, 1.54) is 6.07 Å². The summed E-state index contributed by atoms with van der Waals surface area (Å²) in [6, 6.07) is 7.10. The number of benzene rings is 2. The molecule has 10 nitrogen and oxygen atoms in total. The molecule has 0 unspecified atom stereocenters. The molecule has 0 saturated carbocycles. The van der Waals surface area contributed by atoms with Gasteiger partial charge in [-0.1, -0.05) is 6.07 Å². The van der Waals surface area contributed by atoms with Gasteiger partial charge in [-0.2, -0.15) is 8.42 Å². The lowest BCUT2D eigenvalue weighted by atomic mass is 10.1. The molecule has 0 heterocycles. The molecule has 0 saturated heterocycles. The molecule has 0 fully saturated rings. The van der Waals surface area contributed by atoms with E-state index in [1.807, 2.05) is 28.7 Å². The van der Waals surface area contributed by atoms with Crippen LogP contribution >= 0.6 is 67.8 Å². The van der Waals surface area contributed by atoms with Crippen LogP contribution in [0.3, 0.4) is 0 Å². The minimum absolute atomic E-state index is 0.268. The van der Waals surface area contributed by atoms with E-state index in [2.05, 4.69) is 49.9 Å². The molecule has 0 aliphatic rings. The van der Waals surface area contributed by atoms with Gasteiger partial charge >= 0.3 is 11.9 Å². The fraction of sp³-hybridized carbons (Fsp3) is 0.176. The molecule has 2 aromatic rings. The van der Waals surface area contributed by atoms with E-state index in [1.54, 1.807) is 6.07 Å². The summed E-state index contributed by atoms with van der Waals surface area (Å²) < 4.78 is 42.3. The number of nitrogens with zero attached hydrogens (tertiary/aromatic N) is 1. The highest BCUT2D eigenvalue weighted by Crippen LogP contribution is 2.25. The number of rotatable bonds is 8. The average Bonchev–Trinajstić information content (AvgIpc) is 2.67. The van der Waals surface area contributed by atoms with E-state index in [0.29, 0.717) is 5.56 Å². The summed E-state index contributed by atoms with van der Waals surface area (Å²) in [4.78, 5) is 35.0. The molecular formula is C17H12I3NO9S. The summed E-state index contributed by atoms with van der Waals surface area (Å²) in [7, 11) is -4.34. The molecule has 0 aliphatic carbocycles. The smallest absolute Gasteiger partial charge is 0.345 e. The molecule has 31 heavy (non-hydrogen) atoms. The van der Waals surface area contributed by atoms with Gasteiger partial charge in [0.05, 0.1) is 10.5 Å². The fourth-order valence-corrected chi connectivity index (χ4v) is 4.91. The second-order valence-corrected chi connectivity index (χ2v) is 10.9. The number of hydrogen-bond acceptors (Lipinski definition) is 8. The number of hydrogen-bond donors (Lipinski definition) is 1. The maximum Gasteiger partial charge on any atom is 0.345 e. The van der Waals surface area contributed by atoms with Crippen LogP contribution in [0.4, 0.5) is 5.69 Å². The molecule has 0 atom stereocenters. The molecule has 0 spiro atoms. The van der Waals surface area contributed by atoms with Crippen LogP contribution in [0, 0.1) is 20.8 Å². The summed E-state index contributed by atoms with van der Waals surface area (Å²) in [5.41, 5.74) is -0.365. The van der Waals surface area contributed by atoms with Crippen LogP contribution in [-0.2, 0) is 26.2 Å². The van der Waals surface area contributed by atoms with Gasteiger partial charge in [0.2, 0.25) is 0 Å². The molecule has 2 aromatic carbocycles. The van der Waals surface area contributed by atoms with Gasteiger partial charge in [-0.05, 0) is 91.5 Å². The number of nitro benzene ring substituents is 1. The minimum Gasteiger partial charge on any atom is -0.461 e. The maximum absolute atomic E-state index is 12.4. The molecule has 0 aromatic heterocycles. The zero-order valence-electron chi connectivity index (χ0n) is 15.2. The number of carbonyl (C=O) groups is 2. The SMILES string of the molecule is O=C(OCCS(=O)(=O)O)c1ccc(COC(=O)c2cc(I)cc(I)c2I)cc1[N+](=O)[O-]. The van der Waals surface area contributed by atoms with E-state index in [-0.39, 0.29) is 12.2 Å². The van der Waals surface area contributed by atoms with Crippen molar-refractivity contribution in [3.8, 4) is 0 Å². The Balaban J connectivity index is 2.15. The summed E-state index contributed by atoms with van der Waals surface area (Å²) in [6.07, 6.45) is 0. The quantitative estimate of drug-likeness (QED) is 0.105. The topological polar surface area (TPSA) is 150 Å². The Morgan fingerprint density at radius 2 is 1.68 bits per heavy atom. The number of carbonyl (C=O) groups excluding carboxylic acids is 2. The minimum atomic E-state index is -4.34. The number of nitro groups is 1. The van der Waals surface area contributed by atoms with Gasteiger partial charge in [0, 0.05) is 16.8 Å². The number of ether oxygens (including phenoxy) is 2. The average molecular weight is 787 g/mol. The van der Waals surface area contributed by atoms with Gasteiger partial charge in [0.25, 0.3) is 15.8 Å². The van der Waals surface area contributed by atoms with Crippen molar-refractivity contribution >= 4 is 95.5 Å². The highest BCUT2D eigenvalue weighted by Gasteiger charge is 2.23. The van der Waals surface area contributed by atoms with Crippen molar-refractivity contribution in [3.05, 3.63) is 67.8 Å².